The third-order valence-electron chi connectivity index (χ3n) is 18.4. The van der Waals surface area contributed by atoms with Crippen molar-refractivity contribution in [3.63, 3.8) is 0 Å². The Labute approximate surface area is 642 Å². The molecule has 4 saturated heterocycles. The van der Waals surface area contributed by atoms with E-state index in [1.165, 1.54) is 6.20 Å². The SMILES string of the molecule is CC(=O)N[C@H]1[C@H](OC[C@H]2O[C@H](O[C@H](C)[C@H](NC(=O)[C@H](CCC(=O)O)NC(=O)[C@@H](N)[C@@H](C)O)C(=O)N[C@H](C(=O)N[C@@H](CO)C(=O)N[C@@H](Cc3cnc[nH]3)C(=O)N[C@@H](CO)C(=O)N[C@H](C(=O)N3CCC[C@H]3C(=O)NCC(=O)O)[C@@H](C)O)[C@@H](C)O)[C@H](NC(C)=O)[C@@H](O[C@@H]3O[C@H](CO)[C@@H](O)[C@H](O)[C@H]3NC(C)=O)[C@H]2O)O[C@H](CO)[C@@H](O)[C@@H]1O. The summed E-state index contributed by atoms with van der Waals surface area (Å²) in [5, 5.41) is 173. The monoisotopic (exact) mass is 1630 g/mol. The highest BCUT2D eigenvalue weighted by Crippen LogP contribution is 2.33. The van der Waals surface area contributed by atoms with Crippen LogP contribution in [0.2, 0.25) is 0 Å². The van der Waals surface area contributed by atoms with Crippen molar-refractivity contribution >= 4 is 82.8 Å². The van der Waals surface area contributed by atoms with Crippen LogP contribution in [0.3, 0.4) is 0 Å². The number of H-pyrrole nitrogens is 1. The summed E-state index contributed by atoms with van der Waals surface area (Å²) in [6.45, 7) is 0.538. The highest BCUT2D eigenvalue weighted by molar-refractivity contribution is 5.99. The van der Waals surface area contributed by atoms with Crippen LogP contribution in [0.15, 0.2) is 12.5 Å². The first-order chi connectivity index (χ1) is 53.1. The van der Waals surface area contributed by atoms with Gasteiger partial charge in [-0.1, -0.05) is 0 Å². The van der Waals surface area contributed by atoms with Crippen LogP contribution in [-0.4, -0.2) is 386 Å². The molecule has 0 spiro atoms. The summed E-state index contributed by atoms with van der Waals surface area (Å²) in [5.41, 5.74) is 5.95. The number of aromatic amines is 1. The molecule has 1 aromatic heterocycles. The van der Waals surface area contributed by atoms with Crippen LogP contribution in [-0.2, 0) is 102 Å². The zero-order chi connectivity index (χ0) is 84.7. The topological polar surface area (TPSA) is 768 Å². The van der Waals surface area contributed by atoms with Crippen molar-refractivity contribution in [1.82, 2.24) is 73.4 Å². The van der Waals surface area contributed by atoms with Crippen LogP contribution < -0.4 is 64.2 Å². The molecule has 28 N–H and O–H groups in total. The molecule has 5 rings (SSSR count). The summed E-state index contributed by atoms with van der Waals surface area (Å²) < 4.78 is 36.2. The Kier molecular flexibility index (Phi) is 36.9. The molecule has 0 radical (unpaired) electrons. The molecular weight excluding hydrogens is 1520 g/mol. The number of rotatable bonds is 41. The van der Waals surface area contributed by atoms with Gasteiger partial charge in [0.15, 0.2) is 18.9 Å². The molecule has 638 valence electrons. The maximum atomic E-state index is 15.2. The predicted molar refractivity (Wildman–Crippen MR) is 370 cm³/mol. The number of carboxylic acid groups (broad SMARTS) is 2. The number of aromatic nitrogens is 2. The van der Waals surface area contributed by atoms with Crippen molar-refractivity contribution in [2.75, 3.05) is 46.1 Å². The standard InChI is InChI=1S/C64H103N15O34/c1-22(84)40(65)58(104)72-30(10-11-38(90)91)53(99)78-43(25(4)109-64-46(71-28(7)89)52(113-63-45(70-27(6)88)51(98)48(95)36(19-83)111-63)49(96)37(112-64)20-108-62-44(69-26(5)87)50(97)47(94)35(18-82)110-62)60(106)76-41(23(2)85)59(105)75-32(16-80)55(101)73-31(13-29-14-66-21-68-29)54(100)74-33(17-81)56(102)77-42(24(3)86)61(107)79-12-8-9-34(79)57(103)67-15-39(92)93/h14,21-25,30-37,40-52,62-64,80-86,94-98H,8-13,15-20,65H2,1-7H3,(H,66,68)(H,67,103)(H,69,87)(H,70,88)(H,71,89)(H,72,104)(H,73,101)(H,74,100)(H,75,105)(H,76,106)(H,77,102)(H,78,99)(H,90,91)(H,92,93)/t22-,23-,24-,25-,30+,31+,32+,33+,34+,35-,36-,37-,40+,41+,42+,43+,44-,45-,46-,47-,48-,49+,50-,51-,52-,62-,63+,64+/m1/s1. The lowest BCUT2D eigenvalue weighted by atomic mass is 9.94. The summed E-state index contributed by atoms with van der Waals surface area (Å²) in [6.07, 6.45) is -30.5. The first-order valence-corrected chi connectivity index (χ1v) is 35.5. The van der Waals surface area contributed by atoms with E-state index in [1.54, 1.807) is 0 Å². The maximum Gasteiger partial charge on any atom is 0.322 e. The number of carboxylic acids is 2. The van der Waals surface area contributed by atoms with E-state index in [1.807, 2.05) is 0 Å². The number of carbonyl (C=O) groups excluding carboxylic acids is 12. The Bertz CT molecular complexity index is 3420. The molecule has 4 fully saturated rings. The van der Waals surface area contributed by atoms with E-state index in [0.29, 0.717) is 0 Å². The Hall–Kier alpha value is -8.97. The van der Waals surface area contributed by atoms with Crippen molar-refractivity contribution in [1.29, 1.82) is 0 Å². The lowest BCUT2D eigenvalue weighted by Gasteiger charge is -2.49. The molecule has 0 bridgehead atoms. The predicted octanol–water partition coefficient (Wildman–Crippen LogP) is -15.9. The molecule has 28 atom stereocenters. The smallest absolute Gasteiger partial charge is 0.322 e. The molecule has 0 unspecified atom stereocenters. The highest BCUT2D eigenvalue weighted by atomic mass is 16.7. The van der Waals surface area contributed by atoms with Gasteiger partial charge in [0.1, 0.15) is 134 Å². The molecule has 1 aromatic rings. The number of aliphatic hydroxyl groups is 12. The number of nitrogens with two attached hydrogens (primary N) is 1. The highest BCUT2D eigenvalue weighted by Gasteiger charge is 2.55. The van der Waals surface area contributed by atoms with Crippen LogP contribution in [0, 0.1) is 0 Å². The van der Waals surface area contributed by atoms with Gasteiger partial charge in [0.2, 0.25) is 70.9 Å². The fourth-order valence-electron chi connectivity index (χ4n) is 12.3. The molecular formula is C64H103N15O34. The van der Waals surface area contributed by atoms with E-state index in [2.05, 4.69) is 68.5 Å². The minimum absolute atomic E-state index is 0.0693. The number of likely N-dealkylation sites (tertiary alicyclic amines) is 1. The Morgan fingerprint density at radius 1 is 0.566 bits per heavy atom. The second-order valence-corrected chi connectivity index (χ2v) is 27.2. The number of imidazole rings is 1. The normalized spacial score (nSPS) is 28.2. The quantitative estimate of drug-likeness (QED) is 0.0289. The molecule has 49 nitrogen and oxygen atoms in total. The van der Waals surface area contributed by atoms with Gasteiger partial charge in [0.05, 0.1) is 63.8 Å². The zero-order valence-corrected chi connectivity index (χ0v) is 62.2. The number of amides is 12. The van der Waals surface area contributed by atoms with Crippen LogP contribution in [0.25, 0.3) is 0 Å². The van der Waals surface area contributed by atoms with Gasteiger partial charge in [-0.05, 0) is 47.0 Å². The van der Waals surface area contributed by atoms with Crippen molar-refractivity contribution in [3.8, 4) is 0 Å². The number of nitrogens with zero attached hydrogens (tertiary/aromatic N) is 2. The van der Waals surface area contributed by atoms with Crippen LogP contribution in [0.4, 0.5) is 0 Å². The second-order valence-electron chi connectivity index (χ2n) is 27.2. The van der Waals surface area contributed by atoms with E-state index in [4.69, 9.17) is 39.3 Å². The lowest BCUT2D eigenvalue weighted by molar-refractivity contribution is -0.339. The number of ether oxygens (including phenoxy) is 6. The summed E-state index contributed by atoms with van der Waals surface area (Å²) in [7, 11) is 0. The fourth-order valence-corrected chi connectivity index (χ4v) is 12.3. The number of hydrogen-bond donors (Lipinski definition) is 27. The first-order valence-electron chi connectivity index (χ1n) is 35.5. The molecule has 4 aliphatic rings. The minimum Gasteiger partial charge on any atom is -0.481 e. The molecule has 12 amide bonds. The average molecular weight is 1630 g/mol. The molecule has 0 saturated carbocycles. The van der Waals surface area contributed by atoms with Gasteiger partial charge in [-0.3, -0.25) is 67.1 Å². The van der Waals surface area contributed by atoms with E-state index < -0.39 is 312 Å². The van der Waals surface area contributed by atoms with E-state index in [9.17, 15) is 129 Å². The van der Waals surface area contributed by atoms with Crippen molar-refractivity contribution in [2.24, 2.45) is 5.73 Å². The lowest BCUT2D eigenvalue weighted by Crippen LogP contribution is -2.70. The second kappa shape index (κ2) is 44.1. The summed E-state index contributed by atoms with van der Waals surface area (Å²) in [4.78, 5) is 195. The summed E-state index contributed by atoms with van der Waals surface area (Å²) in [5.74, 6) is -17.4. The Morgan fingerprint density at radius 3 is 1.56 bits per heavy atom. The van der Waals surface area contributed by atoms with Gasteiger partial charge >= 0.3 is 11.9 Å². The third kappa shape index (κ3) is 26.5. The van der Waals surface area contributed by atoms with E-state index in [-0.39, 0.29) is 25.1 Å². The largest absolute Gasteiger partial charge is 0.481 e. The van der Waals surface area contributed by atoms with Crippen molar-refractivity contribution in [2.45, 2.75) is 251 Å². The van der Waals surface area contributed by atoms with E-state index in [0.717, 1.165) is 59.7 Å². The summed E-state index contributed by atoms with van der Waals surface area (Å²) >= 11 is 0. The third-order valence-corrected chi connectivity index (χ3v) is 18.4. The molecule has 0 aliphatic carbocycles. The van der Waals surface area contributed by atoms with Gasteiger partial charge in [-0.15, -0.1) is 0 Å². The zero-order valence-electron chi connectivity index (χ0n) is 62.2. The van der Waals surface area contributed by atoms with Gasteiger partial charge < -0.3 is 174 Å². The first kappa shape index (κ1) is 94.6. The average Bonchev–Trinajstić information content (AvgIpc) is 0.898. The molecule has 4 aliphatic heterocycles. The van der Waals surface area contributed by atoms with Gasteiger partial charge in [-0.2, -0.15) is 0 Å². The fraction of sp³-hybridized carbons (Fsp3) is 0.734. The molecule has 0 aromatic carbocycles. The van der Waals surface area contributed by atoms with Crippen LogP contribution in [0.5, 0.6) is 0 Å². The Balaban J connectivity index is 1.53. The maximum absolute atomic E-state index is 15.2. The molecule has 113 heavy (non-hydrogen) atoms. The van der Waals surface area contributed by atoms with Gasteiger partial charge in [0.25, 0.3) is 0 Å². The number of aliphatic carboxylic acids is 2. The van der Waals surface area contributed by atoms with Crippen LogP contribution in [0.1, 0.15) is 79.8 Å². The number of hydrogen-bond acceptors (Lipinski definition) is 34. The van der Waals surface area contributed by atoms with Crippen molar-refractivity contribution in [3.05, 3.63) is 18.2 Å². The number of carbonyl (C=O) groups is 14. The number of nitrogens with one attached hydrogen (secondary N) is 12. The van der Waals surface area contributed by atoms with E-state index >= 15 is 4.79 Å². The minimum atomic E-state index is -2.40. The van der Waals surface area contributed by atoms with Gasteiger partial charge in [-0.25, -0.2) is 4.98 Å². The summed E-state index contributed by atoms with van der Waals surface area (Å²) in [6, 6.07) is -23.1. The molecule has 49 heteroatoms. The number of aliphatic hydroxyl groups excluding tert-OH is 12. The Morgan fingerprint density at radius 2 is 1.04 bits per heavy atom. The van der Waals surface area contributed by atoms with Crippen molar-refractivity contribution < 1.29 is 167 Å². The van der Waals surface area contributed by atoms with Crippen LogP contribution >= 0.6 is 0 Å². The van der Waals surface area contributed by atoms with Gasteiger partial charge in [0, 0.05) is 52.0 Å². The molecule has 5 heterocycles.